The molecule has 0 saturated heterocycles. The number of hydrogen-bond donors (Lipinski definition) is 0. The molecule has 23 heavy (non-hydrogen) atoms. The van der Waals surface area contributed by atoms with E-state index in [9.17, 15) is 4.79 Å². The highest BCUT2D eigenvalue weighted by Crippen LogP contribution is 2.22. The first kappa shape index (κ1) is 15.2. The third-order valence-electron chi connectivity index (χ3n) is 3.88. The second kappa shape index (κ2) is 6.61. The third-order valence-corrected chi connectivity index (χ3v) is 3.88. The lowest BCUT2D eigenvalue weighted by atomic mass is 10.0. The fraction of sp³-hybridized carbons (Fsp3) is 0.200. The first-order chi connectivity index (χ1) is 11.1. The van der Waals surface area contributed by atoms with Crippen LogP contribution in [0, 0.1) is 13.8 Å². The molecule has 3 aromatic rings. The maximum absolute atomic E-state index is 12.3. The standard InChI is InChI=1S/C20H19NO2/c1-14-8-10-16(11-9-14)19(22)13-12-18-15(2)23-20(21-18)17-6-4-3-5-7-17/h3-11H,12-13H2,1-2H3. The maximum Gasteiger partial charge on any atom is 0.226 e. The van der Waals surface area contributed by atoms with E-state index in [1.807, 2.05) is 68.4 Å². The van der Waals surface area contributed by atoms with Crippen molar-refractivity contribution < 1.29 is 9.21 Å². The van der Waals surface area contributed by atoms with E-state index in [4.69, 9.17) is 4.42 Å². The van der Waals surface area contributed by atoms with Gasteiger partial charge in [-0.2, -0.15) is 0 Å². The number of oxazole rings is 1. The quantitative estimate of drug-likeness (QED) is 0.637. The fourth-order valence-corrected chi connectivity index (χ4v) is 2.48. The Balaban J connectivity index is 1.70. The monoisotopic (exact) mass is 305 g/mol. The molecule has 0 aliphatic carbocycles. The van der Waals surface area contributed by atoms with Gasteiger partial charge in [0.1, 0.15) is 5.76 Å². The van der Waals surface area contributed by atoms with Crippen LogP contribution in [0.1, 0.15) is 33.8 Å². The number of Topliss-reactive ketones (excluding diaryl/α,β-unsaturated/α-hetero) is 1. The van der Waals surface area contributed by atoms with Gasteiger partial charge in [0.2, 0.25) is 5.89 Å². The molecule has 0 unspecified atom stereocenters. The van der Waals surface area contributed by atoms with Crippen LogP contribution in [0.15, 0.2) is 59.0 Å². The van der Waals surface area contributed by atoms with E-state index in [2.05, 4.69) is 4.98 Å². The molecular formula is C20H19NO2. The maximum atomic E-state index is 12.3. The third kappa shape index (κ3) is 3.57. The smallest absolute Gasteiger partial charge is 0.226 e. The van der Waals surface area contributed by atoms with Gasteiger partial charge in [-0.25, -0.2) is 4.98 Å². The van der Waals surface area contributed by atoms with Gasteiger partial charge in [-0.1, -0.05) is 48.0 Å². The Morgan fingerprint density at radius 1 is 1.00 bits per heavy atom. The zero-order chi connectivity index (χ0) is 16.2. The number of nitrogens with zero attached hydrogens (tertiary/aromatic N) is 1. The summed E-state index contributed by atoms with van der Waals surface area (Å²) in [7, 11) is 0. The molecule has 0 aliphatic heterocycles. The molecule has 0 N–H and O–H groups in total. The zero-order valence-electron chi connectivity index (χ0n) is 13.4. The Bertz CT molecular complexity index is 801. The summed E-state index contributed by atoms with van der Waals surface area (Å²) in [6, 6.07) is 17.5. The summed E-state index contributed by atoms with van der Waals surface area (Å²) in [5, 5.41) is 0. The minimum Gasteiger partial charge on any atom is -0.441 e. The lowest BCUT2D eigenvalue weighted by molar-refractivity contribution is 0.0982. The van der Waals surface area contributed by atoms with Crippen LogP contribution in [0.2, 0.25) is 0 Å². The van der Waals surface area contributed by atoms with Crippen molar-refractivity contribution in [1.82, 2.24) is 4.98 Å². The molecule has 3 rings (SSSR count). The molecule has 0 saturated carbocycles. The number of carbonyl (C=O) groups excluding carboxylic acids is 1. The van der Waals surface area contributed by atoms with Crippen LogP contribution in [-0.2, 0) is 6.42 Å². The van der Waals surface area contributed by atoms with Crippen LogP contribution >= 0.6 is 0 Å². The summed E-state index contributed by atoms with van der Waals surface area (Å²) < 4.78 is 5.73. The SMILES string of the molecule is Cc1ccc(C(=O)CCc2nc(-c3ccccc3)oc2C)cc1. The van der Waals surface area contributed by atoms with E-state index in [0.717, 1.165) is 28.1 Å². The molecule has 0 bridgehead atoms. The lowest BCUT2D eigenvalue weighted by Gasteiger charge is -2.00. The summed E-state index contributed by atoms with van der Waals surface area (Å²) in [5.41, 5.74) is 3.71. The largest absolute Gasteiger partial charge is 0.441 e. The van der Waals surface area contributed by atoms with Crippen LogP contribution < -0.4 is 0 Å². The highest BCUT2D eigenvalue weighted by Gasteiger charge is 2.13. The van der Waals surface area contributed by atoms with Crippen molar-refractivity contribution in [1.29, 1.82) is 0 Å². The highest BCUT2D eigenvalue weighted by molar-refractivity contribution is 5.96. The van der Waals surface area contributed by atoms with Gasteiger partial charge in [0.15, 0.2) is 5.78 Å². The Morgan fingerprint density at radius 2 is 1.70 bits per heavy atom. The second-order valence-electron chi connectivity index (χ2n) is 5.68. The summed E-state index contributed by atoms with van der Waals surface area (Å²) in [6.07, 6.45) is 1.03. The molecular weight excluding hydrogens is 286 g/mol. The van der Waals surface area contributed by atoms with Gasteiger partial charge in [0.25, 0.3) is 0 Å². The Kier molecular flexibility index (Phi) is 4.38. The van der Waals surface area contributed by atoms with Crippen molar-refractivity contribution in [3.63, 3.8) is 0 Å². The molecule has 0 radical (unpaired) electrons. The van der Waals surface area contributed by atoms with Gasteiger partial charge >= 0.3 is 0 Å². The normalized spacial score (nSPS) is 10.7. The van der Waals surface area contributed by atoms with Crippen LogP contribution in [0.5, 0.6) is 0 Å². The summed E-state index contributed by atoms with van der Waals surface area (Å²) in [4.78, 5) is 16.8. The van der Waals surface area contributed by atoms with Crippen LogP contribution in [0.25, 0.3) is 11.5 Å². The van der Waals surface area contributed by atoms with E-state index in [0.29, 0.717) is 18.7 Å². The molecule has 0 atom stereocenters. The van der Waals surface area contributed by atoms with E-state index in [-0.39, 0.29) is 5.78 Å². The number of ketones is 1. The summed E-state index contributed by atoms with van der Waals surface area (Å²) in [5.74, 6) is 1.52. The van der Waals surface area contributed by atoms with E-state index in [1.54, 1.807) is 0 Å². The highest BCUT2D eigenvalue weighted by atomic mass is 16.4. The number of aromatic nitrogens is 1. The minimum atomic E-state index is 0.133. The number of carbonyl (C=O) groups is 1. The molecule has 1 heterocycles. The Hall–Kier alpha value is -2.68. The van der Waals surface area contributed by atoms with Gasteiger partial charge in [-0.3, -0.25) is 4.79 Å². The average molecular weight is 305 g/mol. The fourth-order valence-electron chi connectivity index (χ4n) is 2.48. The predicted molar refractivity (Wildman–Crippen MR) is 90.5 cm³/mol. The van der Waals surface area contributed by atoms with E-state index < -0.39 is 0 Å². The van der Waals surface area contributed by atoms with E-state index in [1.165, 1.54) is 0 Å². The van der Waals surface area contributed by atoms with Crippen LogP contribution in [-0.4, -0.2) is 10.8 Å². The molecule has 0 amide bonds. The molecule has 1 aromatic heterocycles. The molecule has 116 valence electrons. The molecule has 3 nitrogen and oxygen atoms in total. The van der Waals surface area contributed by atoms with Crippen molar-refractivity contribution in [3.05, 3.63) is 77.2 Å². The van der Waals surface area contributed by atoms with Gasteiger partial charge in [-0.05, 0) is 26.0 Å². The summed E-state index contributed by atoms with van der Waals surface area (Å²) in [6.45, 7) is 3.91. The Labute approximate surface area is 136 Å². The van der Waals surface area contributed by atoms with Gasteiger partial charge in [-0.15, -0.1) is 0 Å². The lowest BCUT2D eigenvalue weighted by Crippen LogP contribution is -2.02. The number of aryl methyl sites for hydroxylation is 3. The average Bonchev–Trinajstić information content (AvgIpc) is 2.95. The minimum absolute atomic E-state index is 0.133. The summed E-state index contributed by atoms with van der Waals surface area (Å²) >= 11 is 0. The topological polar surface area (TPSA) is 43.1 Å². The molecule has 0 fully saturated rings. The predicted octanol–water partition coefficient (Wildman–Crippen LogP) is 4.77. The number of hydrogen-bond acceptors (Lipinski definition) is 3. The van der Waals surface area contributed by atoms with Crippen LogP contribution in [0.4, 0.5) is 0 Å². The van der Waals surface area contributed by atoms with Crippen molar-refractivity contribution in [3.8, 4) is 11.5 Å². The first-order valence-electron chi connectivity index (χ1n) is 7.75. The number of rotatable bonds is 5. The first-order valence-corrected chi connectivity index (χ1v) is 7.75. The molecule has 3 heteroatoms. The van der Waals surface area contributed by atoms with Crippen molar-refractivity contribution in [2.24, 2.45) is 0 Å². The van der Waals surface area contributed by atoms with Gasteiger partial charge in [0.05, 0.1) is 5.69 Å². The van der Waals surface area contributed by atoms with Crippen molar-refractivity contribution in [2.75, 3.05) is 0 Å². The van der Waals surface area contributed by atoms with Crippen molar-refractivity contribution >= 4 is 5.78 Å². The van der Waals surface area contributed by atoms with Gasteiger partial charge < -0.3 is 4.42 Å². The van der Waals surface area contributed by atoms with Gasteiger partial charge in [0, 0.05) is 24.0 Å². The second-order valence-corrected chi connectivity index (χ2v) is 5.68. The van der Waals surface area contributed by atoms with Crippen LogP contribution in [0.3, 0.4) is 0 Å². The zero-order valence-corrected chi connectivity index (χ0v) is 13.4. The molecule has 0 spiro atoms. The molecule has 2 aromatic carbocycles. The van der Waals surface area contributed by atoms with Crippen molar-refractivity contribution in [2.45, 2.75) is 26.7 Å². The molecule has 0 aliphatic rings. The van der Waals surface area contributed by atoms with E-state index >= 15 is 0 Å². The number of benzene rings is 2. The Morgan fingerprint density at radius 3 is 2.39 bits per heavy atom.